The first kappa shape index (κ1) is 19.4. The number of allylic oxidation sites excluding steroid dienone is 2. The zero-order valence-corrected chi connectivity index (χ0v) is 17.7. The van der Waals surface area contributed by atoms with Gasteiger partial charge in [-0.15, -0.1) is 10.2 Å². The lowest BCUT2D eigenvalue weighted by atomic mass is 9.85. The van der Waals surface area contributed by atoms with Gasteiger partial charge in [-0.2, -0.15) is 0 Å². The molecule has 1 aromatic carbocycles. The van der Waals surface area contributed by atoms with Crippen LogP contribution in [0.2, 0.25) is 0 Å². The Bertz CT molecular complexity index is 992. The first-order chi connectivity index (χ1) is 14.6. The number of hydrogen-bond acceptors (Lipinski definition) is 7. The molecule has 3 aliphatic rings. The number of rotatable bonds is 7. The highest BCUT2D eigenvalue weighted by molar-refractivity contribution is 8.00. The lowest BCUT2D eigenvalue weighted by molar-refractivity contribution is -0.140. The predicted octanol–water partition coefficient (Wildman–Crippen LogP) is 2.97. The molecule has 2 bridgehead atoms. The van der Waals surface area contributed by atoms with Gasteiger partial charge < -0.3 is 5.32 Å². The van der Waals surface area contributed by atoms with Crippen LogP contribution in [-0.2, 0) is 20.1 Å². The van der Waals surface area contributed by atoms with Gasteiger partial charge in [0.05, 0.1) is 11.8 Å². The van der Waals surface area contributed by atoms with E-state index in [1.165, 1.54) is 21.8 Å². The molecule has 9 heteroatoms. The number of likely N-dealkylation sites (tertiary alicyclic amines) is 1. The summed E-state index contributed by atoms with van der Waals surface area (Å²) in [7, 11) is 0. The minimum atomic E-state index is -0.274. The van der Waals surface area contributed by atoms with Gasteiger partial charge in [-0.25, -0.2) is 0 Å². The van der Waals surface area contributed by atoms with Gasteiger partial charge in [-0.3, -0.25) is 19.3 Å². The van der Waals surface area contributed by atoms with Crippen molar-refractivity contribution < 1.29 is 14.4 Å². The van der Waals surface area contributed by atoms with E-state index in [4.69, 9.17) is 0 Å². The molecular weight excluding hydrogens is 420 g/mol. The summed E-state index contributed by atoms with van der Waals surface area (Å²) in [6, 6.07) is 10.1. The quantitative estimate of drug-likeness (QED) is 0.308. The largest absolute Gasteiger partial charge is 0.300 e. The summed E-state index contributed by atoms with van der Waals surface area (Å²) in [4.78, 5) is 38.9. The summed E-state index contributed by atoms with van der Waals surface area (Å²) < 4.78 is 0.773. The average molecular weight is 441 g/mol. The topological polar surface area (TPSA) is 92.3 Å². The summed E-state index contributed by atoms with van der Waals surface area (Å²) in [5.41, 5.74) is 1.19. The molecule has 0 radical (unpaired) electrons. The van der Waals surface area contributed by atoms with E-state index in [-0.39, 0.29) is 54.4 Å². The summed E-state index contributed by atoms with van der Waals surface area (Å²) in [5, 5.41) is 11.3. The maximum absolute atomic E-state index is 12.7. The van der Waals surface area contributed by atoms with Crippen LogP contribution < -0.4 is 5.32 Å². The van der Waals surface area contributed by atoms with Crippen LogP contribution in [0.4, 0.5) is 5.13 Å². The minimum absolute atomic E-state index is 0.0613. The van der Waals surface area contributed by atoms with Crippen molar-refractivity contribution in [2.24, 2.45) is 23.7 Å². The number of nitrogens with one attached hydrogen (secondary N) is 1. The van der Waals surface area contributed by atoms with Crippen LogP contribution in [0, 0.1) is 23.7 Å². The van der Waals surface area contributed by atoms with Gasteiger partial charge in [0.2, 0.25) is 22.9 Å². The Morgan fingerprint density at radius 2 is 1.80 bits per heavy atom. The third-order valence-corrected chi connectivity index (χ3v) is 8.03. The normalized spacial score (nSPS) is 26.5. The van der Waals surface area contributed by atoms with Gasteiger partial charge in [0, 0.05) is 18.7 Å². The van der Waals surface area contributed by atoms with Crippen LogP contribution in [0.5, 0.6) is 0 Å². The van der Waals surface area contributed by atoms with Crippen molar-refractivity contribution in [2.75, 3.05) is 11.9 Å². The Morgan fingerprint density at radius 3 is 2.50 bits per heavy atom. The van der Waals surface area contributed by atoms with Crippen molar-refractivity contribution >= 4 is 46.0 Å². The molecule has 0 unspecified atom stereocenters. The highest BCUT2D eigenvalue weighted by Crippen LogP contribution is 2.52. The van der Waals surface area contributed by atoms with Gasteiger partial charge in [0.1, 0.15) is 0 Å². The van der Waals surface area contributed by atoms with Crippen LogP contribution >= 0.6 is 23.1 Å². The maximum atomic E-state index is 12.7. The lowest BCUT2D eigenvalue weighted by Crippen LogP contribution is -2.35. The number of nitrogens with zero attached hydrogens (tertiary/aromatic N) is 3. The zero-order chi connectivity index (χ0) is 20.7. The Balaban J connectivity index is 1.12. The molecular formula is C21H20N4O3S2. The number of amides is 3. The summed E-state index contributed by atoms with van der Waals surface area (Å²) in [6.07, 6.45) is 5.10. The number of hydrogen-bond donors (Lipinski definition) is 1. The molecule has 3 amide bonds. The van der Waals surface area contributed by atoms with Crippen LogP contribution in [-0.4, -0.2) is 39.4 Å². The van der Waals surface area contributed by atoms with Gasteiger partial charge >= 0.3 is 0 Å². The predicted molar refractivity (Wildman–Crippen MR) is 114 cm³/mol. The van der Waals surface area contributed by atoms with Crippen LogP contribution in [0.1, 0.15) is 18.4 Å². The summed E-state index contributed by atoms with van der Waals surface area (Å²) in [6.45, 7) is 0.115. The van der Waals surface area contributed by atoms with E-state index in [2.05, 4.69) is 27.7 Å². The van der Waals surface area contributed by atoms with Crippen molar-refractivity contribution in [3.63, 3.8) is 0 Å². The molecule has 5 rings (SSSR count). The third kappa shape index (κ3) is 3.56. The van der Waals surface area contributed by atoms with Crippen molar-refractivity contribution in [1.29, 1.82) is 0 Å². The fraction of sp³-hybridized carbons (Fsp3) is 0.381. The molecule has 4 atom stereocenters. The molecule has 7 nitrogen and oxygen atoms in total. The van der Waals surface area contributed by atoms with Crippen LogP contribution in [0.3, 0.4) is 0 Å². The zero-order valence-electron chi connectivity index (χ0n) is 16.1. The molecule has 1 saturated carbocycles. The number of carbonyl (C=O) groups is 3. The lowest BCUT2D eigenvalue weighted by Gasteiger charge is -2.16. The van der Waals surface area contributed by atoms with Crippen molar-refractivity contribution in [1.82, 2.24) is 15.1 Å². The fourth-order valence-corrected chi connectivity index (χ4v) is 6.34. The second-order valence-corrected chi connectivity index (χ2v) is 9.97. The molecule has 1 aromatic heterocycles. The van der Waals surface area contributed by atoms with E-state index in [0.29, 0.717) is 5.13 Å². The van der Waals surface area contributed by atoms with Crippen molar-refractivity contribution in [3.8, 4) is 0 Å². The van der Waals surface area contributed by atoms with Crippen molar-refractivity contribution in [2.45, 2.75) is 22.9 Å². The van der Waals surface area contributed by atoms with E-state index >= 15 is 0 Å². The summed E-state index contributed by atoms with van der Waals surface area (Å²) in [5.74, 6) is 0.194. The smallest absolute Gasteiger partial charge is 0.233 e. The fourth-order valence-electron chi connectivity index (χ4n) is 4.62. The SMILES string of the molecule is O=C(CCN1C(=O)[C@@H]2[C@H](C1=O)[C@H]1C=C[C@H]2C1)Nc1nnc(SCc2ccccc2)s1. The molecule has 30 heavy (non-hydrogen) atoms. The van der Waals surface area contributed by atoms with E-state index in [9.17, 15) is 14.4 Å². The minimum Gasteiger partial charge on any atom is -0.300 e. The Hall–Kier alpha value is -2.52. The van der Waals surface area contributed by atoms with E-state index < -0.39 is 0 Å². The Labute approximate surface area is 181 Å². The molecule has 154 valence electrons. The molecule has 1 aliphatic heterocycles. The number of thioether (sulfide) groups is 1. The molecule has 1 N–H and O–H groups in total. The van der Waals surface area contributed by atoms with Gasteiger partial charge in [0.15, 0.2) is 4.34 Å². The third-order valence-electron chi connectivity index (χ3n) is 5.98. The van der Waals surface area contributed by atoms with E-state index in [0.717, 1.165) is 16.5 Å². The number of imide groups is 1. The van der Waals surface area contributed by atoms with E-state index in [1.54, 1.807) is 11.8 Å². The molecule has 2 aromatic rings. The van der Waals surface area contributed by atoms with Gasteiger partial charge in [0.25, 0.3) is 0 Å². The highest BCUT2D eigenvalue weighted by Gasteiger charge is 2.59. The number of carbonyl (C=O) groups excluding carboxylic acids is 3. The molecule has 2 aliphatic carbocycles. The van der Waals surface area contributed by atoms with Crippen LogP contribution in [0.15, 0.2) is 46.8 Å². The highest BCUT2D eigenvalue weighted by atomic mass is 32.2. The Morgan fingerprint density at radius 1 is 1.10 bits per heavy atom. The number of anilines is 1. The molecule has 1 saturated heterocycles. The van der Waals surface area contributed by atoms with Crippen LogP contribution in [0.25, 0.3) is 0 Å². The van der Waals surface area contributed by atoms with Gasteiger partial charge in [-0.1, -0.05) is 65.6 Å². The molecule has 2 fully saturated rings. The number of fused-ring (bicyclic) bond motifs is 5. The average Bonchev–Trinajstić information content (AvgIpc) is 3.52. The number of benzene rings is 1. The second kappa shape index (κ2) is 7.96. The first-order valence-corrected chi connectivity index (χ1v) is 11.7. The number of aromatic nitrogens is 2. The molecule has 2 heterocycles. The van der Waals surface area contributed by atoms with E-state index in [1.807, 2.05) is 30.3 Å². The monoisotopic (exact) mass is 440 g/mol. The molecule has 0 spiro atoms. The standard InChI is InChI=1S/C21H20N4O3S2/c26-15(22-20-23-24-21(30-20)29-11-12-4-2-1-3-5-12)8-9-25-18(27)16-13-6-7-14(10-13)17(16)19(25)28/h1-7,13-14,16-17H,8-11H2,(H,22,23,26)/t13-,14-,16-,17+/m0/s1. The maximum Gasteiger partial charge on any atom is 0.233 e. The summed E-state index contributed by atoms with van der Waals surface area (Å²) >= 11 is 2.88. The Kier molecular flexibility index (Phi) is 5.16. The second-order valence-electron chi connectivity index (χ2n) is 7.77. The van der Waals surface area contributed by atoms with Gasteiger partial charge in [-0.05, 0) is 23.8 Å². The first-order valence-electron chi connectivity index (χ1n) is 9.94. The van der Waals surface area contributed by atoms with Crippen molar-refractivity contribution in [3.05, 3.63) is 48.0 Å².